The number of fused-ring (bicyclic) bond motifs is 1. The van der Waals surface area contributed by atoms with Crippen molar-refractivity contribution in [3.8, 4) is 0 Å². The Morgan fingerprint density at radius 1 is 1.42 bits per heavy atom. The van der Waals surface area contributed by atoms with Crippen molar-refractivity contribution in [2.45, 2.75) is 37.1 Å². The van der Waals surface area contributed by atoms with Gasteiger partial charge in [0.25, 0.3) is 0 Å². The van der Waals surface area contributed by atoms with Crippen LogP contribution in [0.2, 0.25) is 0 Å². The molecule has 1 fully saturated rings. The summed E-state index contributed by atoms with van der Waals surface area (Å²) >= 11 is 2.02. The third kappa shape index (κ3) is 2.65. The van der Waals surface area contributed by atoms with Crippen molar-refractivity contribution in [2.75, 3.05) is 13.3 Å². The van der Waals surface area contributed by atoms with E-state index in [-0.39, 0.29) is 0 Å². The molecular formula is C15H21N3S. The van der Waals surface area contributed by atoms with Gasteiger partial charge in [0.2, 0.25) is 0 Å². The predicted octanol–water partition coefficient (Wildman–Crippen LogP) is 3.05. The van der Waals surface area contributed by atoms with E-state index in [9.17, 15) is 0 Å². The lowest BCUT2D eigenvalue weighted by Gasteiger charge is -2.28. The Balaban J connectivity index is 1.73. The van der Waals surface area contributed by atoms with Gasteiger partial charge in [-0.25, -0.2) is 4.98 Å². The summed E-state index contributed by atoms with van der Waals surface area (Å²) in [5.74, 6) is 0. The molecule has 2 aromatic heterocycles. The van der Waals surface area contributed by atoms with Gasteiger partial charge in [0.1, 0.15) is 5.65 Å². The Hall–Kier alpha value is -1.00. The minimum atomic E-state index is 0.708. The van der Waals surface area contributed by atoms with E-state index in [0.29, 0.717) is 6.04 Å². The maximum Gasteiger partial charge on any atom is 0.137 e. The van der Waals surface area contributed by atoms with Gasteiger partial charge in [-0.05, 0) is 38.3 Å². The first-order valence-electron chi connectivity index (χ1n) is 6.93. The number of nitrogens with zero attached hydrogens (tertiary/aromatic N) is 3. The highest BCUT2D eigenvalue weighted by Crippen LogP contribution is 2.32. The van der Waals surface area contributed by atoms with E-state index in [0.717, 1.165) is 17.4 Å². The van der Waals surface area contributed by atoms with Crippen LogP contribution < -0.4 is 0 Å². The number of imidazole rings is 1. The highest BCUT2D eigenvalue weighted by molar-refractivity contribution is 7.99. The van der Waals surface area contributed by atoms with Crippen LogP contribution in [0.25, 0.3) is 5.65 Å². The lowest BCUT2D eigenvalue weighted by atomic mass is 10.2. The number of hydrogen-bond donors (Lipinski definition) is 0. The van der Waals surface area contributed by atoms with Gasteiger partial charge in [0.15, 0.2) is 0 Å². The summed E-state index contributed by atoms with van der Waals surface area (Å²) in [5, 5.41) is 0.794. The monoisotopic (exact) mass is 275 g/mol. The van der Waals surface area contributed by atoms with Gasteiger partial charge >= 0.3 is 0 Å². The van der Waals surface area contributed by atoms with Crippen molar-refractivity contribution in [1.29, 1.82) is 0 Å². The van der Waals surface area contributed by atoms with Gasteiger partial charge in [-0.1, -0.05) is 12.5 Å². The molecule has 19 heavy (non-hydrogen) atoms. The summed E-state index contributed by atoms with van der Waals surface area (Å²) in [7, 11) is 2.24. The molecule has 0 bridgehead atoms. The third-order valence-electron chi connectivity index (χ3n) is 4.11. The molecule has 0 saturated heterocycles. The number of rotatable bonds is 4. The summed E-state index contributed by atoms with van der Waals surface area (Å²) in [4.78, 5) is 7.17. The van der Waals surface area contributed by atoms with Gasteiger partial charge < -0.3 is 4.40 Å². The van der Waals surface area contributed by atoms with Crippen molar-refractivity contribution in [1.82, 2.24) is 14.3 Å². The second-order valence-electron chi connectivity index (χ2n) is 5.39. The molecule has 3 rings (SSSR count). The van der Waals surface area contributed by atoms with Crippen LogP contribution in [0.5, 0.6) is 0 Å². The standard InChI is InChI=1S/C15H21N3S/c1-17(13-6-5-7-14(13)19-2)10-12-11-18-9-4-3-8-15(18)16-12/h3-4,8-9,11,13-14H,5-7,10H2,1-2H3/t13-,14-/m0/s1. The van der Waals surface area contributed by atoms with Crippen LogP contribution in [0.4, 0.5) is 0 Å². The molecule has 0 amide bonds. The number of pyridine rings is 1. The SMILES string of the molecule is CS[C@H]1CCC[C@@H]1N(C)Cc1cn2ccccc2n1. The Kier molecular flexibility index (Phi) is 3.80. The molecule has 2 atom stereocenters. The van der Waals surface area contributed by atoms with Crippen LogP contribution in [-0.4, -0.2) is 38.9 Å². The van der Waals surface area contributed by atoms with E-state index >= 15 is 0 Å². The average Bonchev–Trinajstić information content (AvgIpc) is 3.03. The van der Waals surface area contributed by atoms with Crippen LogP contribution >= 0.6 is 11.8 Å². The maximum absolute atomic E-state index is 4.69. The number of aromatic nitrogens is 2. The quantitative estimate of drug-likeness (QED) is 0.855. The average molecular weight is 275 g/mol. The first kappa shape index (κ1) is 13.0. The van der Waals surface area contributed by atoms with Crippen molar-refractivity contribution in [3.63, 3.8) is 0 Å². The number of thioether (sulfide) groups is 1. The fraction of sp³-hybridized carbons (Fsp3) is 0.533. The molecule has 3 nitrogen and oxygen atoms in total. The first-order chi connectivity index (χ1) is 9.28. The highest BCUT2D eigenvalue weighted by Gasteiger charge is 2.29. The van der Waals surface area contributed by atoms with Crippen molar-refractivity contribution in [3.05, 3.63) is 36.3 Å². The molecule has 0 aromatic carbocycles. The molecule has 0 radical (unpaired) electrons. The zero-order valence-corrected chi connectivity index (χ0v) is 12.4. The normalized spacial score (nSPS) is 23.5. The Bertz CT molecular complexity index is 518. The zero-order chi connectivity index (χ0) is 13.2. The molecule has 0 N–H and O–H groups in total. The van der Waals surface area contributed by atoms with E-state index in [2.05, 4.69) is 46.0 Å². The van der Waals surface area contributed by atoms with Crippen LogP contribution in [-0.2, 0) is 6.54 Å². The van der Waals surface area contributed by atoms with Gasteiger partial charge in [-0.2, -0.15) is 11.8 Å². The molecule has 0 spiro atoms. The topological polar surface area (TPSA) is 20.5 Å². The first-order valence-corrected chi connectivity index (χ1v) is 8.22. The molecule has 2 aromatic rings. The number of hydrogen-bond acceptors (Lipinski definition) is 3. The fourth-order valence-corrected chi connectivity index (χ4v) is 4.18. The molecule has 1 saturated carbocycles. The Morgan fingerprint density at radius 2 is 2.32 bits per heavy atom. The second-order valence-corrected chi connectivity index (χ2v) is 6.46. The zero-order valence-electron chi connectivity index (χ0n) is 11.6. The van der Waals surface area contributed by atoms with E-state index < -0.39 is 0 Å². The molecule has 102 valence electrons. The summed E-state index contributed by atoms with van der Waals surface area (Å²) in [6.07, 6.45) is 10.5. The van der Waals surface area contributed by atoms with Crippen LogP contribution in [0.3, 0.4) is 0 Å². The summed E-state index contributed by atoms with van der Waals surface area (Å²) in [6, 6.07) is 6.85. The maximum atomic E-state index is 4.69. The highest BCUT2D eigenvalue weighted by atomic mass is 32.2. The minimum Gasteiger partial charge on any atom is -0.307 e. The predicted molar refractivity (Wildman–Crippen MR) is 81.6 cm³/mol. The molecule has 4 heteroatoms. The van der Waals surface area contributed by atoms with Crippen LogP contribution in [0.15, 0.2) is 30.6 Å². The summed E-state index contributed by atoms with van der Waals surface area (Å²) in [5.41, 5.74) is 2.21. The summed E-state index contributed by atoms with van der Waals surface area (Å²) in [6.45, 7) is 0.948. The largest absolute Gasteiger partial charge is 0.307 e. The van der Waals surface area contributed by atoms with Crippen molar-refractivity contribution in [2.24, 2.45) is 0 Å². The van der Waals surface area contributed by atoms with E-state index in [1.807, 2.05) is 23.9 Å². The Morgan fingerprint density at radius 3 is 3.11 bits per heavy atom. The van der Waals surface area contributed by atoms with Gasteiger partial charge in [-0.15, -0.1) is 0 Å². The smallest absolute Gasteiger partial charge is 0.137 e. The molecule has 1 aliphatic rings. The van der Waals surface area contributed by atoms with Gasteiger partial charge in [0.05, 0.1) is 5.69 Å². The van der Waals surface area contributed by atoms with E-state index in [1.54, 1.807) is 0 Å². The van der Waals surface area contributed by atoms with E-state index in [1.165, 1.54) is 25.0 Å². The molecule has 1 aliphatic carbocycles. The van der Waals surface area contributed by atoms with Gasteiger partial charge in [-0.3, -0.25) is 4.90 Å². The van der Waals surface area contributed by atoms with Crippen LogP contribution in [0.1, 0.15) is 25.0 Å². The van der Waals surface area contributed by atoms with Gasteiger partial charge in [0, 0.05) is 30.2 Å². The van der Waals surface area contributed by atoms with Crippen molar-refractivity contribution < 1.29 is 0 Å². The molecular weight excluding hydrogens is 254 g/mol. The lowest BCUT2D eigenvalue weighted by Crippen LogP contribution is -2.35. The second kappa shape index (κ2) is 5.55. The van der Waals surface area contributed by atoms with Crippen molar-refractivity contribution >= 4 is 17.4 Å². The minimum absolute atomic E-state index is 0.708. The summed E-state index contributed by atoms with van der Waals surface area (Å²) < 4.78 is 2.10. The fourth-order valence-electron chi connectivity index (χ4n) is 3.12. The molecule has 2 heterocycles. The Labute approximate surface area is 119 Å². The third-order valence-corrected chi connectivity index (χ3v) is 5.27. The molecule has 0 unspecified atom stereocenters. The van der Waals surface area contributed by atoms with Crippen LogP contribution in [0, 0.1) is 0 Å². The lowest BCUT2D eigenvalue weighted by molar-refractivity contribution is 0.239. The van der Waals surface area contributed by atoms with E-state index in [4.69, 9.17) is 0 Å². The molecule has 0 aliphatic heterocycles.